The van der Waals surface area contributed by atoms with Gasteiger partial charge in [-0.25, -0.2) is 4.68 Å². The van der Waals surface area contributed by atoms with Crippen LogP contribution in [0.15, 0.2) is 6.20 Å². The summed E-state index contributed by atoms with van der Waals surface area (Å²) in [5, 5.41) is 7.50. The fourth-order valence-electron chi connectivity index (χ4n) is 1.73. The molecule has 1 aliphatic heterocycles. The second-order valence-corrected chi connectivity index (χ2v) is 4.16. The Bertz CT molecular complexity index is 383. The van der Waals surface area contributed by atoms with Crippen LogP contribution in [0.25, 0.3) is 0 Å². The van der Waals surface area contributed by atoms with Gasteiger partial charge in [-0.1, -0.05) is 0 Å². The molecule has 1 amide bonds. The first kappa shape index (κ1) is 10.0. The Kier molecular flexibility index (Phi) is 2.38. The molecule has 1 aliphatic rings. The Hall–Kier alpha value is -1.52. The largest absolute Gasteiger partial charge is 0.367 e. The van der Waals surface area contributed by atoms with Gasteiger partial charge in [-0.15, -0.1) is 0 Å². The fourth-order valence-corrected chi connectivity index (χ4v) is 1.73. The highest BCUT2D eigenvalue weighted by Crippen LogP contribution is 2.22. The van der Waals surface area contributed by atoms with Crippen molar-refractivity contribution < 1.29 is 4.79 Å². The molecule has 1 atom stereocenters. The van der Waals surface area contributed by atoms with Gasteiger partial charge >= 0.3 is 0 Å². The molecule has 0 spiro atoms. The van der Waals surface area contributed by atoms with Gasteiger partial charge < -0.3 is 10.2 Å². The molecule has 15 heavy (non-hydrogen) atoms. The minimum absolute atomic E-state index is 0.00199. The van der Waals surface area contributed by atoms with Crippen LogP contribution < -0.4 is 5.32 Å². The molecule has 0 bridgehead atoms. The second-order valence-electron chi connectivity index (χ2n) is 4.16. The third-order valence-corrected chi connectivity index (χ3v) is 2.63. The van der Waals surface area contributed by atoms with E-state index in [4.69, 9.17) is 0 Å². The quantitative estimate of drug-likeness (QED) is 0.742. The summed E-state index contributed by atoms with van der Waals surface area (Å²) in [5.41, 5.74) is 0.659. The van der Waals surface area contributed by atoms with Gasteiger partial charge in [0.05, 0.1) is 6.20 Å². The van der Waals surface area contributed by atoms with Crippen LogP contribution in [-0.4, -0.2) is 40.7 Å². The zero-order valence-electron chi connectivity index (χ0n) is 9.32. The van der Waals surface area contributed by atoms with E-state index in [9.17, 15) is 4.79 Å². The Morgan fingerprint density at radius 3 is 3.07 bits per heavy atom. The number of hydrogen-bond acceptors (Lipinski definition) is 3. The highest BCUT2D eigenvalue weighted by atomic mass is 16.2. The Labute approximate surface area is 89.1 Å². The summed E-state index contributed by atoms with van der Waals surface area (Å²) in [4.78, 5) is 13.4. The third kappa shape index (κ3) is 1.69. The minimum atomic E-state index is -0.00199. The highest BCUT2D eigenvalue weighted by molar-refractivity contribution is 5.98. The molecule has 1 N–H and O–H groups in total. The van der Waals surface area contributed by atoms with Crippen LogP contribution in [0, 0.1) is 0 Å². The van der Waals surface area contributed by atoms with E-state index in [1.54, 1.807) is 25.2 Å². The predicted octanol–water partition coefficient (Wildman–Crippen LogP) is 0.789. The van der Waals surface area contributed by atoms with E-state index >= 15 is 0 Å². The van der Waals surface area contributed by atoms with Gasteiger partial charge in [-0.05, 0) is 13.3 Å². The van der Waals surface area contributed by atoms with E-state index in [1.165, 1.54) is 0 Å². The Morgan fingerprint density at radius 2 is 2.40 bits per heavy atom. The summed E-state index contributed by atoms with van der Waals surface area (Å²) < 4.78 is 1.86. The molecule has 0 aromatic carbocycles. The van der Waals surface area contributed by atoms with E-state index in [2.05, 4.69) is 17.3 Å². The Morgan fingerprint density at radius 1 is 1.67 bits per heavy atom. The highest BCUT2D eigenvalue weighted by Gasteiger charge is 2.23. The average Bonchev–Trinajstić information content (AvgIpc) is 2.59. The number of aryl methyl sites for hydroxylation is 1. The molecule has 5 heteroatoms. The lowest BCUT2D eigenvalue weighted by molar-refractivity contribution is 0.0828. The van der Waals surface area contributed by atoms with Gasteiger partial charge in [0.2, 0.25) is 0 Å². The standard InChI is InChI=1S/C10H16N4O/c1-7-4-5-14-9(12-7)8(6-11-14)10(15)13(2)3/h6-7,12H,4-5H2,1-3H3. The van der Waals surface area contributed by atoms with Crippen molar-refractivity contribution in [2.45, 2.75) is 25.9 Å². The predicted molar refractivity (Wildman–Crippen MR) is 57.9 cm³/mol. The maximum Gasteiger partial charge on any atom is 0.258 e. The summed E-state index contributed by atoms with van der Waals surface area (Å²) in [7, 11) is 3.50. The number of hydrogen-bond donors (Lipinski definition) is 1. The molecule has 2 rings (SSSR count). The first-order valence-corrected chi connectivity index (χ1v) is 5.13. The molecule has 1 aromatic heterocycles. The van der Waals surface area contributed by atoms with Crippen LogP contribution in [0.3, 0.4) is 0 Å². The molecule has 0 aliphatic carbocycles. The molecule has 5 nitrogen and oxygen atoms in total. The maximum absolute atomic E-state index is 11.8. The number of aromatic nitrogens is 2. The van der Waals surface area contributed by atoms with Crippen molar-refractivity contribution >= 4 is 11.7 Å². The lowest BCUT2D eigenvalue weighted by atomic mass is 10.2. The fraction of sp³-hybridized carbons (Fsp3) is 0.600. The van der Waals surface area contributed by atoms with Gasteiger partial charge in [-0.3, -0.25) is 4.79 Å². The van der Waals surface area contributed by atoms with Gasteiger partial charge in [0, 0.05) is 26.7 Å². The Balaban J connectivity index is 2.34. The lowest BCUT2D eigenvalue weighted by Crippen LogP contribution is -2.29. The number of anilines is 1. The van der Waals surface area contributed by atoms with E-state index in [1.807, 2.05) is 4.68 Å². The SMILES string of the molecule is CC1CCn2ncc(C(=O)N(C)C)c2N1. The summed E-state index contributed by atoms with van der Waals surface area (Å²) in [5.74, 6) is 0.852. The molecule has 1 aromatic rings. The van der Waals surface area contributed by atoms with Crippen LogP contribution in [-0.2, 0) is 6.54 Å². The molecular formula is C10H16N4O. The van der Waals surface area contributed by atoms with E-state index < -0.39 is 0 Å². The van der Waals surface area contributed by atoms with Crippen LogP contribution in [0.4, 0.5) is 5.82 Å². The minimum Gasteiger partial charge on any atom is -0.367 e. The van der Waals surface area contributed by atoms with Gasteiger partial charge in [-0.2, -0.15) is 5.10 Å². The molecule has 0 saturated carbocycles. The van der Waals surface area contributed by atoms with E-state index in [0.717, 1.165) is 18.8 Å². The molecule has 0 radical (unpaired) electrons. The topological polar surface area (TPSA) is 50.2 Å². The van der Waals surface area contributed by atoms with Crippen LogP contribution in [0.2, 0.25) is 0 Å². The van der Waals surface area contributed by atoms with Gasteiger partial charge in [0.25, 0.3) is 5.91 Å². The summed E-state index contributed by atoms with van der Waals surface area (Å²) in [6.07, 6.45) is 2.69. The third-order valence-electron chi connectivity index (χ3n) is 2.63. The van der Waals surface area contributed by atoms with Crippen molar-refractivity contribution in [3.05, 3.63) is 11.8 Å². The van der Waals surface area contributed by atoms with Crippen molar-refractivity contribution in [1.82, 2.24) is 14.7 Å². The summed E-state index contributed by atoms with van der Waals surface area (Å²) in [6.45, 7) is 2.99. The number of nitrogens with zero attached hydrogens (tertiary/aromatic N) is 3. The number of carbonyl (C=O) groups is 1. The molecule has 82 valence electrons. The first-order valence-electron chi connectivity index (χ1n) is 5.13. The molecule has 1 unspecified atom stereocenters. The van der Waals surface area contributed by atoms with Crippen molar-refractivity contribution in [1.29, 1.82) is 0 Å². The molecular weight excluding hydrogens is 192 g/mol. The van der Waals surface area contributed by atoms with E-state index in [0.29, 0.717) is 11.6 Å². The smallest absolute Gasteiger partial charge is 0.258 e. The summed E-state index contributed by atoms with van der Waals surface area (Å²) in [6, 6.07) is 0.405. The number of fused-ring (bicyclic) bond motifs is 1. The number of amides is 1. The van der Waals surface area contributed by atoms with Crippen molar-refractivity contribution in [2.24, 2.45) is 0 Å². The zero-order chi connectivity index (χ0) is 11.0. The zero-order valence-corrected chi connectivity index (χ0v) is 9.32. The second kappa shape index (κ2) is 3.56. The molecule has 0 saturated heterocycles. The number of carbonyl (C=O) groups excluding carboxylic acids is 1. The van der Waals surface area contributed by atoms with Crippen LogP contribution in [0.1, 0.15) is 23.7 Å². The van der Waals surface area contributed by atoms with E-state index in [-0.39, 0.29) is 5.91 Å². The van der Waals surface area contributed by atoms with Crippen LogP contribution in [0.5, 0.6) is 0 Å². The lowest BCUT2D eigenvalue weighted by Gasteiger charge is -2.23. The molecule has 2 heterocycles. The van der Waals surface area contributed by atoms with Gasteiger partial charge in [0.15, 0.2) is 0 Å². The van der Waals surface area contributed by atoms with Crippen molar-refractivity contribution in [2.75, 3.05) is 19.4 Å². The monoisotopic (exact) mass is 208 g/mol. The summed E-state index contributed by atoms with van der Waals surface area (Å²) >= 11 is 0. The molecule has 0 fully saturated rings. The van der Waals surface area contributed by atoms with Crippen molar-refractivity contribution in [3.63, 3.8) is 0 Å². The maximum atomic E-state index is 11.8. The average molecular weight is 208 g/mol. The first-order chi connectivity index (χ1) is 7.09. The normalized spacial score (nSPS) is 19.3. The number of rotatable bonds is 1. The van der Waals surface area contributed by atoms with Crippen molar-refractivity contribution in [3.8, 4) is 0 Å². The van der Waals surface area contributed by atoms with Gasteiger partial charge in [0.1, 0.15) is 11.4 Å². The number of nitrogens with one attached hydrogen (secondary N) is 1. The van der Waals surface area contributed by atoms with Crippen LogP contribution >= 0.6 is 0 Å².